The highest BCUT2D eigenvalue weighted by Gasteiger charge is 1.86. The van der Waals surface area contributed by atoms with E-state index in [4.69, 9.17) is 32.4 Å². The summed E-state index contributed by atoms with van der Waals surface area (Å²) in [5.74, 6) is 0. The molecular weight excluding hydrogens is 208 g/mol. The molecule has 0 rings (SSSR count). The van der Waals surface area contributed by atoms with Crippen LogP contribution >= 0.6 is 0 Å². The third kappa shape index (κ3) is 23.5. The van der Waals surface area contributed by atoms with E-state index >= 15 is 0 Å². The molecule has 0 heterocycles. The zero-order chi connectivity index (χ0) is 12.6. The molecule has 0 bridgehead atoms. The molecule has 0 aliphatic heterocycles. The first-order valence-electron chi connectivity index (χ1n) is 5.70. The van der Waals surface area contributed by atoms with Crippen LogP contribution in [0.3, 0.4) is 0 Å². The highest BCUT2D eigenvalue weighted by atomic mass is 16.5. The molecule has 0 aromatic rings. The fourth-order valence-corrected chi connectivity index (χ4v) is 0.752. The van der Waals surface area contributed by atoms with Crippen LogP contribution in [0.4, 0.5) is 0 Å². The van der Waals surface area contributed by atoms with E-state index in [0.717, 1.165) is 6.42 Å². The molecule has 6 nitrogen and oxygen atoms in total. The van der Waals surface area contributed by atoms with Crippen molar-refractivity contribution in [1.82, 2.24) is 0 Å². The van der Waals surface area contributed by atoms with Crippen LogP contribution in [0, 0.1) is 0 Å². The Morgan fingerprint density at radius 1 is 0.812 bits per heavy atom. The number of rotatable bonds is 9. The second-order valence-corrected chi connectivity index (χ2v) is 3.36. The second-order valence-electron chi connectivity index (χ2n) is 3.36. The molecule has 0 aromatic heterocycles. The van der Waals surface area contributed by atoms with Crippen LogP contribution in [-0.2, 0) is 9.47 Å². The Hall–Kier alpha value is -0.240. The highest BCUT2D eigenvalue weighted by Crippen LogP contribution is 1.77. The van der Waals surface area contributed by atoms with Gasteiger partial charge in [-0.05, 0) is 19.9 Å². The lowest BCUT2D eigenvalue weighted by molar-refractivity contribution is 0.0538. The van der Waals surface area contributed by atoms with E-state index in [1.54, 1.807) is 0 Å². The predicted molar refractivity (Wildman–Crippen MR) is 67.1 cm³/mol. The molecule has 6 heteroatoms. The van der Waals surface area contributed by atoms with Gasteiger partial charge < -0.3 is 32.4 Å². The van der Waals surface area contributed by atoms with E-state index in [1.165, 1.54) is 0 Å². The molecule has 0 saturated heterocycles. The van der Waals surface area contributed by atoms with Crippen molar-refractivity contribution in [2.75, 3.05) is 46.1 Å². The molecule has 1 unspecified atom stereocenters. The number of nitrogens with two attached hydrogens (primary N) is 4. The molecule has 0 fully saturated rings. The maximum absolute atomic E-state index is 5.32. The van der Waals surface area contributed by atoms with Gasteiger partial charge in [-0.1, -0.05) is 0 Å². The zero-order valence-electron chi connectivity index (χ0n) is 10.4. The first-order valence-corrected chi connectivity index (χ1v) is 5.70. The van der Waals surface area contributed by atoms with Gasteiger partial charge >= 0.3 is 0 Å². The Morgan fingerprint density at radius 2 is 1.25 bits per heavy atom. The van der Waals surface area contributed by atoms with Gasteiger partial charge in [0, 0.05) is 19.1 Å². The van der Waals surface area contributed by atoms with Crippen LogP contribution in [-0.4, -0.2) is 52.1 Å². The van der Waals surface area contributed by atoms with Crippen molar-refractivity contribution in [3.8, 4) is 0 Å². The van der Waals surface area contributed by atoms with Gasteiger partial charge in [0.05, 0.1) is 26.4 Å². The van der Waals surface area contributed by atoms with Crippen molar-refractivity contribution in [1.29, 1.82) is 0 Å². The normalized spacial score (nSPS) is 11.8. The molecule has 0 radical (unpaired) electrons. The van der Waals surface area contributed by atoms with Gasteiger partial charge in [0.25, 0.3) is 0 Å². The molecule has 0 amide bonds. The second kappa shape index (κ2) is 17.2. The van der Waals surface area contributed by atoms with Gasteiger partial charge in [-0.25, -0.2) is 0 Å². The third-order valence-corrected chi connectivity index (χ3v) is 1.52. The molecular formula is C10H28N4O2. The molecule has 0 aromatic carbocycles. The van der Waals surface area contributed by atoms with Crippen LogP contribution in [0.2, 0.25) is 0 Å². The smallest absolute Gasteiger partial charge is 0.0701 e. The van der Waals surface area contributed by atoms with Gasteiger partial charge in [0.2, 0.25) is 0 Å². The minimum Gasteiger partial charge on any atom is -0.378 e. The maximum atomic E-state index is 5.32. The fourth-order valence-electron chi connectivity index (χ4n) is 0.752. The number of hydrogen-bond donors (Lipinski definition) is 4. The first-order chi connectivity index (χ1) is 7.68. The van der Waals surface area contributed by atoms with Crippen molar-refractivity contribution in [3.05, 3.63) is 0 Å². The van der Waals surface area contributed by atoms with Crippen LogP contribution in [0.1, 0.15) is 13.3 Å². The summed E-state index contributed by atoms with van der Waals surface area (Å²) in [6, 6.07) is 0.273. The lowest BCUT2D eigenvalue weighted by atomic mass is 10.3. The quantitative estimate of drug-likeness (QED) is 0.366. The van der Waals surface area contributed by atoms with Crippen LogP contribution in [0.25, 0.3) is 0 Å². The Morgan fingerprint density at radius 3 is 1.44 bits per heavy atom. The van der Waals surface area contributed by atoms with Crippen molar-refractivity contribution in [2.45, 2.75) is 19.4 Å². The zero-order valence-corrected chi connectivity index (χ0v) is 10.4. The van der Waals surface area contributed by atoms with Gasteiger partial charge in [-0.15, -0.1) is 0 Å². The number of hydrogen-bond acceptors (Lipinski definition) is 6. The topological polar surface area (TPSA) is 123 Å². The molecule has 16 heavy (non-hydrogen) atoms. The van der Waals surface area contributed by atoms with Gasteiger partial charge in [0.15, 0.2) is 0 Å². The summed E-state index contributed by atoms with van der Waals surface area (Å²) in [6.45, 7) is 6.21. The Balaban J connectivity index is 0. The SMILES string of the molecule is CC(N)CCN.NCCOCCOCCN. The largest absolute Gasteiger partial charge is 0.378 e. The Labute approximate surface area is 98.6 Å². The predicted octanol–water partition coefficient (Wildman–Crippen LogP) is -1.38. The summed E-state index contributed by atoms with van der Waals surface area (Å²) in [7, 11) is 0. The van der Waals surface area contributed by atoms with E-state index in [0.29, 0.717) is 46.1 Å². The maximum Gasteiger partial charge on any atom is 0.0701 e. The van der Waals surface area contributed by atoms with Crippen molar-refractivity contribution >= 4 is 0 Å². The van der Waals surface area contributed by atoms with E-state index in [9.17, 15) is 0 Å². The van der Waals surface area contributed by atoms with Crippen LogP contribution < -0.4 is 22.9 Å². The lowest BCUT2D eigenvalue weighted by Crippen LogP contribution is -2.18. The fraction of sp³-hybridized carbons (Fsp3) is 1.00. The summed E-state index contributed by atoms with van der Waals surface area (Å²) in [5, 5.41) is 0. The molecule has 100 valence electrons. The summed E-state index contributed by atoms with van der Waals surface area (Å²) >= 11 is 0. The van der Waals surface area contributed by atoms with Gasteiger partial charge in [-0.2, -0.15) is 0 Å². The van der Waals surface area contributed by atoms with E-state index in [-0.39, 0.29) is 6.04 Å². The Kier molecular flexibility index (Phi) is 19.5. The monoisotopic (exact) mass is 236 g/mol. The average Bonchev–Trinajstić information content (AvgIpc) is 2.24. The molecule has 8 N–H and O–H groups in total. The summed E-state index contributed by atoms with van der Waals surface area (Å²) in [6.07, 6.45) is 0.931. The van der Waals surface area contributed by atoms with E-state index < -0.39 is 0 Å². The molecule has 0 spiro atoms. The Bertz CT molecular complexity index is 107. The van der Waals surface area contributed by atoms with Gasteiger partial charge in [-0.3, -0.25) is 0 Å². The first kappa shape index (κ1) is 18.1. The van der Waals surface area contributed by atoms with Crippen LogP contribution in [0.5, 0.6) is 0 Å². The standard InChI is InChI=1S/C6H16N2O2.C4H12N2/c7-1-3-9-5-6-10-4-2-8;1-4(6)2-3-5/h1-8H2;4H,2-3,5-6H2,1H3. The summed E-state index contributed by atoms with van der Waals surface area (Å²) in [5.41, 5.74) is 20.8. The van der Waals surface area contributed by atoms with E-state index in [2.05, 4.69) is 0 Å². The van der Waals surface area contributed by atoms with Crippen molar-refractivity contribution in [3.63, 3.8) is 0 Å². The highest BCUT2D eigenvalue weighted by molar-refractivity contribution is 4.50. The summed E-state index contributed by atoms with van der Waals surface area (Å²) in [4.78, 5) is 0. The summed E-state index contributed by atoms with van der Waals surface area (Å²) < 4.78 is 10.1. The molecule has 0 saturated carbocycles. The number of ether oxygens (including phenoxy) is 2. The van der Waals surface area contributed by atoms with Crippen molar-refractivity contribution < 1.29 is 9.47 Å². The third-order valence-electron chi connectivity index (χ3n) is 1.52. The molecule has 1 atom stereocenters. The minimum atomic E-state index is 0.273. The van der Waals surface area contributed by atoms with E-state index in [1.807, 2.05) is 6.92 Å². The lowest BCUT2D eigenvalue weighted by Gasteiger charge is -2.02. The average molecular weight is 236 g/mol. The molecule has 0 aliphatic carbocycles. The van der Waals surface area contributed by atoms with Crippen molar-refractivity contribution in [2.24, 2.45) is 22.9 Å². The van der Waals surface area contributed by atoms with Crippen LogP contribution in [0.15, 0.2) is 0 Å². The van der Waals surface area contributed by atoms with Gasteiger partial charge in [0.1, 0.15) is 0 Å². The molecule has 0 aliphatic rings. The minimum absolute atomic E-state index is 0.273.